The van der Waals surface area contributed by atoms with Gasteiger partial charge in [0.1, 0.15) is 11.3 Å². The van der Waals surface area contributed by atoms with Crippen molar-refractivity contribution in [1.29, 1.82) is 0 Å². The van der Waals surface area contributed by atoms with Crippen LogP contribution in [0.15, 0.2) is 24.3 Å². The molecular formula is C22H30N6O4. The summed E-state index contributed by atoms with van der Waals surface area (Å²) in [5.74, 6) is 1.38. The molecule has 1 amide bonds. The van der Waals surface area contributed by atoms with Crippen molar-refractivity contribution < 1.29 is 19.1 Å². The Balaban J connectivity index is 1.53. The number of benzene rings is 1. The van der Waals surface area contributed by atoms with Crippen molar-refractivity contribution in [2.24, 2.45) is 5.73 Å². The summed E-state index contributed by atoms with van der Waals surface area (Å²) >= 11 is 0. The summed E-state index contributed by atoms with van der Waals surface area (Å²) in [6.45, 7) is 2.93. The molecule has 1 aliphatic heterocycles. The van der Waals surface area contributed by atoms with E-state index >= 15 is 0 Å². The first-order valence-corrected chi connectivity index (χ1v) is 10.9. The van der Waals surface area contributed by atoms with Crippen LogP contribution in [0.25, 0.3) is 21.9 Å². The van der Waals surface area contributed by atoms with Crippen LogP contribution in [0, 0.1) is 0 Å². The van der Waals surface area contributed by atoms with E-state index < -0.39 is 6.09 Å². The number of nitrogens with zero attached hydrogens (tertiary/aromatic N) is 4. The van der Waals surface area contributed by atoms with E-state index in [1.807, 2.05) is 18.2 Å². The Labute approximate surface area is 186 Å². The van der Waals surface area contributed by atoms with Crippen molar-refractivity contribution in [2.75, 3.05) is 39.2 Å². The van der Waals surface area contributed by atoms with Gasteiger partial charge in [0.25, 0.3) is 0 Å². The van der Waals surface area contributed by atoms with Crippen molar-refractivity contribution >= 4 is 33.8 Å². The van der Waals surface area contributed by atoms with Gasteiger partial charge >= 0.3 is 6.09 Å². The van der Waals surface area contributed by atoms with E-state index in [4.69, 9.17) is 30.8 Å². The second-order valence-corrected chi connectivity index (χ2v) is 7.91. The maximum Gasteiger partial charge on any atom is 0.423 e. The van der Waals surface area contributed by atoms with Crippen LogP contribution in [0.3, 0.4) is 0 Å². The number of primary amides is 1. The number of hydrogen-bond donors (Lipinski definition) is 2. The van der Waals surface area contributed by atoms with Gasteiger partial charge in [-0.15, -0.1) is 5.06 Å². The number of aromatic nitrogens is 3. The van der Waals surface area contributed by atoms with Gasteiger partial charge in [0, 0.05) is 25.5 Å². The van der Waals surface area contributed by atoms with Gasteiger partial charge in [-0.05, 0) is 25.3 Å². The van der Waals surface area contributed by atoms with Gasteiger partial charge < -0.3 is 30.3 Å². The van der Waals surface area contributed by atoms with Gasteiger partial charge in [-0.2, -0.15) is 0 Å². The van der Waals surface area contributed by atoms with Gasteiger partial charge in [0.2, 0.25) is 0 Å². The summed E-state index contributed by atoms with van der Waals surface area (Å²) in [5, 5.41) is 2.68. The number of aryl methyl sites for hydroxylation is 1. The maximum absolute atomic E-state index is 11.2. The van der Waals surface area contributed by atoms with Gasteiger partial charge in [-0.3, -0.25) is 0 Å². The number of carbonyl (C=O) groups is 1. The smallest absolute Gasteiger partial charge is 0.384 e. The molecular weight excluding hydrogens is 412 g/mol. The number of methoxy groups -OCH3 is 1. The molecule has 0 aliphatic carbocycles. The molecule has 1 aromatic carbocycles. The van der Waals surface area contributed by atoms with E-state index in [1.165, 1.54) is 0 Å². The van der Waals surface area contributed by atoms with E-state index in [2.05, 4.69) is 15.6 Å². The van der Waals surface area contributed by atoms with Gasteiger partial charge in [0.05, 0.1) is 43.4 Å². The minimum atomic E-state index is -0.789. The Hall–Kier alpha value is -2.95. The van der Waals surface area contributed by atoms with E-state index in [0.717, 1.165) is 53.6 Å². The van der Waals surface area contributed by atoms with Crippen LogP contribution < -0.4 is 11.5 Å². The van der Waals surface area contributed by atoms with Crippen LogP contribution in [-0.4, -0.2) is 65.2 Å². The average Bonchev–Trinajstić information content (AvgIpc) is 3.15. The molecule has 4 N–H and O–H groups in total. The summed E-state index contributed by atoms with van der Waals surface area (Å²) in [7, 11) is 1.68. The van der Waals surface area contributed by atoms with Crippen LogP contribution in [0.1, 0.15) is 25.1 Å². The van der Waals surface area contributed by atoms with Crippen molar-refractivity contribution in [2.45, 2.75) is 38.3 Å². The quantitative estimate of drug-likeness (QED) is 0.483. The number of carbonyl (C=O) groups excluding carboxylic acids is 1. The molecule has 1 saturated heterocycles. The fourth-order valence-electron chi connectivity index (χ4n) is 4.28. The first-order valence-electron chi connectivity index (χ1n) is 10.9. The number of nitrogens with two attached hydrogens (primary N) is 2. The van der Waals surface area contributed by atoms with Crippen LogP contribution in [0.4, 0.5) is 10.6 Å². The number of imidazole rings is 1. The molecule has 0 radical (unpaired) electrons. The van der Waals surface area contributed by atoms with Crippen molar-refractivity contribution in [3.8, 4) is 0 Å². The van der Waals surface area contributed by atoms with Gasteiger partial charge in [-0.25, -0.2) is 14.8 Å². The number of para-hydroxylation sites is 1. The number of unbranched alkanes of at least 4 members (excludes halogenated alkanes) is 1. The molecule has 32 heavy (non-hydrogen) atoms. The Bertz CT molecular complexity index is 1090. The average molecular weight is 443 g/mol. The molecule has 4 rings (SSSR count). The molecule has 0 spiro atoms. The van der Waals surface area contributed by atoms with Crippen molar-refractivity contribution in [3.63, 3.8) is 0 Å². The van der Waals surface area contributed by atoms with Crippen LogP contribution in [-0.2, 0) is 27.3 Å². The number of pyridine rings is 1. The highest BCUT2D eigenvalue weighted by atomic mass is 16.7. The summed E-state index contributed by atoms with van der Waals surface area (Å²) in [5.41, 5.74) is 14.0. The van der Waals surface area contributed by atoms with Crippen molar-refractivity contribution in [1.82, 2.24) is 19.6 Å². The van der Waals surface area contributed by atoms with Gasteiger partial charge in [-0.1, -0.05) is 18.2 Å². The lowest BCUT2D eigenvalue weighted by Gasteiger charge is -2.33. The fraction of sp³-hybridized carbons (Fsp3) is 0.500. The lowest BCUT2D eigenvalue weighted by atomic mass is 10.1. The molecule has 172 valence electrons. The second-order valence-electron chi connectivity index (χ2n) is 7.91. The molecule has 10 heteroatoms. The Morgan fingerprint density at radius 3 is 2.94 bits per heavy atom. The minimum absolute atomic E-state index is 0.00409. The Kier molecular flexibility index (Phi) is 7.03. The zero-order valence-corrected chi connectivity index (χ0v) is 18.3. The number of morpholine rings is 1. The third kappa shape index (κ3) is 4.77. The number of rotatable bonds is 9. The van der Waals surface area contributed by atoms with E-state index in [0.29, 0.717) is 38.6 Å². The summed E-state index contributed by atoms with van der Waals surface area (Å²) in [4.78, 5) is 25.6. The number of hydroxylamine groups is 2. The number of nitrogen functional groups attached to an aromatic ring is 1. The van der Waals surface area contributed by atoms with Crippen molar-refractivity contribution in [3.05, 3.63) is 30.1 Å². The van der Waals surface area contributed by atoms with Crippen LogP contribution in [0.2, 0.25) is 0 Å². The number of fused-ring (bicyclic) bond motifs is 3. The lowest BCUT2D eigenvalue weighted by molar-refractivity contribution is -0.181. The largest absolute Gasteiger partial charge is 0.423 e. The molecule has 3 aromatic rings. The summed E-state index contributed by atoms with van der Waals surface area (Å²) in [6.07, 6.45) is 2.58. The highest BCUT2D eigenvalue weighted by Crippen LogP contribution is 2.29. The van der Waals surface area contributed by atoms with Gasteiger partial charge in [0.15, 0.2) is 5.82 Å². The molecule has 0 bridgehead atoms. The molecule has 1 aliphatic rings. The first kappa shape index (κ1) is 22.3. The zero-order valence-electron chi connectivity index (χ0n) is 18.3. The zero-order chi connectivity index (χ0) is 22.5. The van der Waals surface area contributed by atoms with E-state index in [-0.39, 0.29) is 6.04 Å². The highest BCUT2D eigenvalue weighted by Gasteiger charge is 2.25. The predicted molar refractivity (Wildman–Crippen MR) is 121 cm³/mol. The molecule has 3 heterocycles. The van der Waals surface area contributed by atoms with E-state index in [9.17, 15) is 4.79 Å². The summed E-state index contributed by atoms with van der Waals surface area (Å²) in [6, 6.07) is 7.99. The lowest BCUT2D eigenvalue weighted by Crippen LogP contribution is -2.47. The number of hydrogen-bond acceptors (Lipinski definition) is 8. The number of ether oxygens (including phenoxy) is 2. The predicted octanol–water partition coefficient (Wildman–Crippen LogP) is 2.24. The maximum atomic E-state index is 11.2. The standard InChI is InChI=1S/C22H30N6O4/c1-30-12-9-18-26-19-20(16-7-2-3-8-17(16)25-21(19)23)27(18)10-5-4-6-15-14-31-13-11-28(15)32-22(24)29/h2-3,7-8,15H,4-6,9-14H2,1H3,(H2,23,25)(H2,24,29). The Morgan fingerprint density at radius 1 is 1.28 bits per heavy atom. The normalized spacial score (nSPS) is 17.2. The second kappa shape index (κ2) is 10.1. The SMILES string of the molecule is COCCc1nc2c(N)nc3ccccc3c2n1CCCCC1COCCN1OC(N)=O. The Morgan fingerprint density at radius 2 is 2.12 bits per heavy atom. The third-order valence-corrected chi connectivity index (χ3v) is 5.77. The molecule has 10 nitrogen and oxygen atoms in total. The topological polar surface area (TPSA) is 131 Å². The minimum Gasteiger partial charge on any atom is -0.384 e. The molecule has 0 saturated carbocycles. The molecule has 2 aromatic heterocycles. The van der Waals surface area contributed by atoms with Crippen LogP contribution >= 0.6 is 0 Å². The number of amides is 1. The van der Waals surface area contributed by atoms with Crippen LogP contribution in [0.5, 0.6) is 0 Å². The fourth-order valence-corrected chi connectivity index (χ4v) is 4.28. The third-order valence-electron chi connectivity index (χ3n) is 5.77. The first-order chi connectivity index (χ1) is 15.6. The summed E-state index contributed by atoms with van der Waals surface area (Å²) < 4.78 is 13.1. The molecule has 1 fully saturated rings. The van der Waals surface area contributed by atoms with E-state index in [1.54, 1.807) is 12.2 Å². The monoisotopic (exact) mass is 442 g/mol. The number of anilines is 1. The molecule has 1 atom stereocenters. The highest BCUT2D eigenvalue weighted by molar-refractivity contribution is 6.06. The molecule has 1 unspecified atom stereocenters.